The second-order valence-electron chi connectivity index (χ2n) is 8.83. The van der Waals surface area contributed by atoms with E-state index in [0.717, 1.165) is 41.7 Å². The molecule has 160 valence electrons. The van der Waals surface area contributed by atoms with Gasteiger partial charge in [-0.15, -0.1) is 0 Å². The van der Waals surface area contributed by atoms with Gasteiger partial charge < -0.3 is 10.2 Å². The first-order valence-electron chi connectivity index (χ1n) is 10.5. The van der Waals surface area contributed by atoms with Gasteiger partial charge in [-0.05, 0) is 49.7 Å². The van der Waals surface area contributed by atoms with Gasteiger partial charge in [-0.25, -0.2) is 13.2 Å². The normalized spacial score (nSPS) is 29.7. The third kappa shape index (κ3) is 3.10. The van der Waals surface area contributed by atoms with E-state index in [1.807, 2.05) is 24.3 Å². The number of amides is 4. The minimum Gasteiger partial charge on any atom is -0.334 e. The van der Waals surface area contributed by atoms with Crippen LogP contribution in [0.5, 0.6) is 0 Å². The molecule has 0 radical (unpaired) electrons. The summed E-state index contributed by atoms with van der Waals surface area (Å²) < 4.78 is 23.8. The highest BCUT2D eigenvalue weighted by Gasteiger charge is 2.55. The van der Waals surface area contributed by atoms with Crippen LogP contribution in [0.15, 0.2) is 24.3 Å². The molecule has 4 aliphatic rings. The molecule has 0 bridgehead atoms. The molecule has 1 N–H and O–H groups in total. The van der Waals surface area contributed by atoms with Crippen LogP contribution in [0.4, 0.5) is 4.79 Å². The van der Waals surface area contributed by atoms with Crippen LogP contribution in [-0.4, -0.2) is 66.2 Å². The van der Waals surface area contributed by atoms with Gasteiger partial charge in [0.1, 0.15) is 12.1 Å². The van der Waals surface area contributed by atoms with E-state index < -0.39 is 21.4 Å². The van der Waals surface area contributed by atoms with Crippen molar-refractivity contribution in [2.24, 2.45) is 0 Å². The molecule has 4 amide bonds. The first-order chi connectivity index (χ1) is 14.3. The second kappa shape index (κ2) is 6.80. The monoisotopic (exact) mass is 431 g/mol. The van der Waals surface area contributed by atoms with E-state index in [1.165, 1.54) is 0 Å². The predicted molar refractivity (Wildman–Crippen MR) is 108 cm³/mol. The lowest BCUT2D eigenvalue weighted by Crippen LogP contribution is -2.50. The summed E-state index contributed by atoms with van der Waals surface area (Å²) in [4.78, 5) is 42.0. The van der Waals surface area contributed by atoms with E-state index >= 15 is 0 Å². The topological polar surface area (TPSA) is 104 Å². The zero-order valence-electron chi connectivity index (χ0n) is 16.7. The molecule has 1 aromatic rings. The number of nitrogens with zero attached hydrogens (tertiary/aromatic N) is 2. The Morgan fingerprint density at radius 2 is 1.93 bits per heavy atom. The highest BCUT2D eigenvalue weighted by atomic mass is 32.2. The molecule has 2 aliphatic carbocycles. The van der Waals surface area contributed by atoms with Crippen LogP contribution in [-0.2, 0) is 31.4 Å². The quantitative estimate of drug-likeness (QED) is 0.715. The third-order valence-electron chi connectivity index (χ3n) is 6.77. The average Bonchev–Trinajstić information content (AvgIpc) is 3.43. The number of carbonyl (C=O) groups is 3. The number of hydrogen-bond donors (Lipinski definition) is 1. The summed E-state index contributed by atoms with van der Waals surface area (Å²) in [5.74, 6) is -0.684. The largest absolute Gasteiger partial charge is 0.334 e. The Kier molecular flexibility index (Phi) is 4.43. The molecular formula is C21H25N3O5S. The van der Waals surface area contributed by atoms with Crippen LogP contribution in [0, 0.1) is 0 Å². The smallest absolute Gasteiger partial charge is 0.325 e. The van der Waals surface area contributed by atoms with Crippen molar-refractivity contribution in [1.29, 1.82) is 0 Å². The van der Waals surface area contributed by atoms with E-state index in [-0.39, 0.29) is 41.9 Å². The van der Waals surface area contributed by atoms with Gasteiger partial charge in [0.2, 0.25) is 5.91 Å². The second-order valence-corrected chi connectivity index (χ2v) is 11.1. The van der Waals surface area contributed by atoms with Crippen molar-refractivity contribution in [3.8, 4) is 0 Å². The number of fused-ring (bicyclic) bond motifs is 2. The van der Waals surface area contributed by atoms with Crippen molar-refractivity contribution in [2.45, 2.75) is 56.1 Å². The van der Waals surface area contributed by atoms with Gasteiger partial charge in [-0.3, -0.25) is 14.5 Å². The van der Waals surface area contributed by atoms with Crippen molar-refractivity contribution >= 4 is 27.7 Å². The number of nitrogens with one attached hydrogen (secondary N) is 1. The van der Waals surface area contributed by atoms with Crippen molar-refractivity contribution in [1.82, 2.24) is 15.1 Å². The zero-order chi connectivity index (χ0) is 21.1. The molecule has 8 nitrogen and oxygen atoms in total. The lowest BCUT2D eigenvalue weighted by atomic mass is 9.76. The van der Waals surface area contributed by atoms with Crippen LogP contribution in [0.2, 0.25) is 0 Å². The Morgan fingerprint density at radius 3 is 2.63 bits per heavy atom. The minimum absolute atomic E-state index is 0.0148. The van der Waals surface area contributed by atoms with Gasteiger partial charge in [0.25, 0.3) is 5.91 Å². The molecule has 1 aromatic carbocycles. The number of rotatable bonds is 4. The number of benzene rings is 1. The summed E-state index contributed by atoms with van der Waals surface area (Å²) >= 11 is 0. The Balaban J connectivity index is 1.39. The van der Waals surface area contributed by atoms with Crippen LogP contribution < -0.4 is 5.32 Å². The van der Waals surface area contributed by atoms with Crippen molar-refractivity contribution in [2.75, 3.05) is 18.1 Å². The van der Waals surface area contributed by atoms with Gasteiger partial charge in [0.05, 0.1) is 11.5 Å². The Hall–Kier alpha value is -2.42. The van der Waals surface area contributed by atoms with Gasteiger partial charge in [0, 0.05) is 12.1 Å². The molecule has 2 aliphatic heterocycles. The summed E-state index contributed by atoms with van der Waals surface area (Å²) in [5.41, 5.74) is 0.750. The molecule has 5 rings (SSSR count). The first-order valence-corrected chi connectivity index (χ1v) is 12.4. The van der Waals surface area contributed by atoms with E-state index in [2.05, 4.69) is 5.32 Å². The lowest BCUT2D eigenvalue weighted by Gasteiger charge is -2.33. The number of urea groups is 1. The number of aryl methyl sites for hydroxylation is 1. The molecule has 9 heteroatoms. The average molecular weight is 432 g/mol. The molecule has 2 saturated heterocycles. The fraction of sp³-hybridized carbons (Fsp3) is 0.571. The highest BCUT2D eigenvalue weighted by molar-refractivity contribution is 7.91. The molecule has 3 fully saturated rings. The number of imide groups is 1. The number of sulfone groups is 1. The summed E-state index contributed by atoms with van der Waals surface area (Å²) in [6.45, 7) is -0.346. The summed E-state index contributed by atoms with van der Waals surface area (Å²) in [5, 5.41) is 2.87. The molecular weight excluding hydrogens is 406 g/mol. The van der Waals surface area contributed by atoms with Gasteiger partial charge in [-0.2, -0.15) is 0 Å². The molecule has 0 aromatic heterocycles. The third-order valence-corrected chi connectivity index (χ3v) is 8.52. The molecule has 1 spiro atoms. The van der Waals surface area contributed by atoms with E-state index in [1.54, 1.807) is 4.90 Å². The highest BCUT2D eigenvalue weighted by Crippen LogP contribution is 2.40. The first kappa shape index (κ1) is 19.5. The maximum Gasteiger partial charge on any atom is 0.325 e. The molecule has 30 heavy (non-hydrogen) atoms. The number of carbonyl (C=O) groups excluding carboxylic acids is 3. The van der Waals surface area contributed by atoms with Crippen molar-refractivity contribution in [3.63, 3.8) is 0 Å². The fourth-order valence-corrected chi connectivity index (χ4v) is 6.94. The van der Waals surface area contributed by atoms with E-state index in [9.17, 15) is 22.8 Å². The van der Waals surface area contributed by atoms with Gasteiger partial charge in [-0.1, -0.05) is 24.3 Å². The van der Waals surface area contributed by atoms with E-state index in [4.69, 9.17) is 0 Å². The fourth-order valence-electron chi connectivity index (χ4n) is 5.22. The Morgan fingerprint density at radius 1 is 1.17 bits per heavy atom. The van der Waals surface area contributed by atoms with Crippen molar-refractivity contribution in [3.05, 3.63) is 35.4 Å². The van der Waals surface area contributed by atoms with Crippen LogP contribution >= 0.6 is 0 Å². The maximum atomic E-state index is 13.4. The SMILES string of the molecule is O=C1N[C@@]2(CCCc3ccccc32)C(=O)N1CC(=O)N(C1CC1)[C@H]1CCS(=O)(=O)C1. The Bertz CT molecular complexity index is 1030. The zero-order valence-corrected chi connectivity index (χ0v) is 17.5. The van der Waals surface area contributed by atoms with Crippen LogP contribution in [0.25, 0.3) is 0 Å². The summed E-state index contributed by atoms with van der Waals surface area (Å²) in [7, 11) is -3.14. The van der Waals surface area contributed by atoms with Gasteiger partial charge >= 0.3 is 6.03 Å². The van der Waals surface area contributed by atoms with Crippen LogP contribution in [0.1, 0.15) is 43.2 Å². The van der Waals surface area contributed by atoms with E-state index in [0.29, 0.717) is 12.8 Å². The number of hydrogen-bond acceptors (Lipinski definition) is 5. The van der Waals surface area contributed by atoms with Crippen LogP contribution in [0.3, 0.4) is 0 Å². The summed E-state index contributed by atoms with van der Waals surface area (Å²) in [6, 6.07) is 6.72. The molecule has 1 saturated carbocycles. The van der Waals surface area contributed by atoms with Gasteiger partial charge in [0.15, 0.2) is 9.84 Å². The summed E-state index contributed by atoms with van der Waals surface area (Å²) in [6.07, 6.45) is 4.22. The van der Waals surface area contributed by atoms with Crippen molar-refractivity contribution < 1.29 is 22.8 Å². The molecule has 0 unspecified atom stereocenters. The predicted octanol–water partition coefficient (Wildman–Crippen LogP) is 0.948. The maximum absolute atomic E-state index is 13.4. The minimum atomic E-state index is -3.14. The standard InChI is InChI=1S/C21H25N3O5S/c25-18(24(15-7-8-15)16-9-11-30(28,29)13-16)12-23-19(26)21(22-20(23)27)10-3-5-14-4-1-2-6-17(14)21/h1-2,4,6,15-16H,3,5,7-13H2,(H,22,27)/t16-,21+/m0/s1. The Labute approximate surface area is 175 Å². The lowest BCUT2D eigenvalue weighted by molar-refractivity contribution is -0.140. The molecule has 2 heterocycles. The molecule has 2 atom stereocenters.